The number of nitrogens with two attached hydrogens (primary N) is 1. The van der Waals surface area contributed by atoms with Crippen molar-refractivity contribution in [1.29, 1.82) is 0 Å². The second-order valence-electron chi connectivity index (χ2n) is 4.32. The zero-order valence-corrected chi connectivity index (χ0v) is 11.0. The molecule has 0 saturated carbocycles. The summed E-state index contributed by atoms with van der Waals surface area (Å²) in [5.41, 5.74) is 7.16. The van der Waals surface area contributed by atoms with Crippen LogP contribution < -0.4 is 5.73 Å². The minimum absolute atomic E-state index is 0.116. The molecule has 0 aliphatic carbocycles. The summed E-state index contributed by atoms with van der Waals surface area (Å²) in [4.78, 5) is 4.58. The number of para-hydroxylation sites is 1. The van der Waals surface area contributed by atoms with Gasteiger partial charge in [0.25, 0.3) is 0 Å². The standard InChI is InChI=1S/C13H18N2OS/c1-9(16-2)7-10(14)8-13-15-11-5-3-4-6-12(11)17-13/h3-6,9-10H,7-8,14H2,1-2H3. The minimum atomic E-state index is 0.116. The van der Waals surface area contributed by atoms with E-state index in [1.54, 1.807) is 18.4 Å². The van der Waals surface area contributed by atoms with Crippen LogP contribution in [0.1, 0.15) is 18.4 Å². The van der Waals surface area contributed by atoms with Crippen LogP contribution in [0.3, 0.4) is 0 Å². The third kappa shape index (κ3) is 3.25. The monoisotopic (exact) mass is 250 g/mol. The fraction of sp³-hybridized carbons (Fsp3) is 0.462. The van der Waals surface area contributed by atoms with Crippen LogP contribution in [0.25, 0.3) is 10.2 Å². The molecule has 1 aromatic heterocycles. The molecule has 0 aliphatic heterocycles. The Hall–Kier alpha value is -0.970. The maximum atomic E-state index is 6.09. The molecule has 2 rings (SSSR count). The van der Waals surface area contributed by atoms with E-state index in [9.17, 15) is 0 Å². The Balaban J connectivity index is 2.03. The molecule has 0 radical (unpaired) electrons. The Bertz CT molecular complexity index is 450. The van der Waals surface area contributed by atoms with E-state index < -0.39 is 0 Å². The van der Waals surface area contributed by atoms with Gasteiger partial charge in [-0.15, -0.1) is 11.3 Å². The number of benzene rings is 1. The van der Waals surface area contributed by atoms with Gasteiger partial charge >= 0.3 is 0 Å². The highest BCUT2D eigenvalue weighted by atomic mass is 32.1. The molecule has 2 aromatic rings. The molecule has 92 valence electrons. The maximum Gasteiger partial charge on any atom is 0.0954 e. The summed E-state index contributed by atoms with van der Waals surface area (Å²) in [6.45, 7) is 2.04. The first-order valence-electron chi connectivity index (χ1n) is 5.82. The van der Waals surface area contributed by atoms with Gasteiger partial charge in [-0.2, -0.15) is 0 Å². The normalized spacial score (nSPS) is 15.0. The zero-order valence-electron chi connectivity index (χ0n) is 10.2. The van der Waals surface area contributed by atoms with Crippen LogP contribution in [-0.4, -0.2) is 24.2 Å². The first-order valence-corrected chi connectivity index (χ1v) is 6.63. The molecular formula is C13H18N2OS. The SMILES string of the molecule is COC(C)CC(N)Cc1nc2ccccc2s1. The predicted octanol–water partition coefficient (Wildman–Crippen LogP) is 2.59. The molecule has 0 bridgehead atoms. The molecule has 0 amide bonds. The van der Waals surface area contributed by atoms with Crippen LogP contribution in [0.5, 0.6) is 0 Å². The first-order chi connectivity index (χ1) is 8.19. The topological polar surface area (TPSA) is 48.1 Å². The van der Waals surface area contributed by atoms with Crippen LogP contribution >= 0.6 is 11.3 Å². The lowest BCUT2D eigenvalue weighted by Crippen LogP contribution is -2.27. The van der Waals surface area contributed by atoms with Gasteiger partial charge in [-0.1, -0.05) is 12.1 Å². The lowest BCUT2D eigenvalue weighted by atomic mass is 10.1. The zero-order chi connectivity index (χ0) is 12.3. The lowest BCUT2D eigenvalue weighted by Gasteiger charge is -2.14. The summed E-state index contributed by atoms with van der Waals surface area (Å²) in [5.74, 6) is 0. The molecule has 1 heterocycles. The fourth-order valence-electron chi connectivity index (χ4n) is 1.84. The number of rotatable bonds is 5. The van der Waals surface area contributed by atoms with Crippen molar-refractivity contribution in [3.05, 3.63) is 29.3 Å². The molecule has 17 heavy (non-hydrogen) atoms. The maximum absolute atomic E-state index is 6.09. The van der Waals surface area contributed by atoms with Gasteiger partial charge in [0.2, 0.25) is 0 Å². The molecule has 0 fully saturated rings. The summed E-state index contributed by atoms with van der Waals surface area (Å²) in [6.07, 6.45) is 1.90. The molecule has 0 saturated heterocycles. The number of hydrogen-bond donors (Lipinski definition) is 1. The van der Waals surface area contributed by atoms with E-state index in [-0.39, 0.29) is 12.1 Å². The van der Waals surface area contributed by atoms with Gasteiger partial charge in [-0.3, -0.25) is 0 Å². The van der Waals surface area contributed by atoms with E-state index in [1.165, 1.54) is 4.70 Å². The van der Waals surface area contributed by atoms with Crippen LogP contribution in [0.15, 0.2) is 24.3 Å². The summed E-state index contributed by atoms with van der Waals surface area (Å²) >= 11 is 1.73. The van der Waals surface area contributed by atoms with E-state index in [4.69, 9.17) is 10.5 Å². The number of methoxy groups -OCH3 is 1. The van der Waals surface area contributed by atoms with Crippen molar-refractivity contribution < 1.29 is 4.74 Å². The highest BCUT2D eigenvalue weighted by Gasteiger charge is 2.12. The van der Waals surface area contributed by atoms with Crippen LogP contribution in [0.4, 0.5) is 0 Å². The number of aromatic nitrogens is 1. The van der Waals surface area contributed by atoms with Crippen molar-refractivity contribution in [3.8, 4) is 0 Å². The van der Waals surface area contributed by atoms with E-state index >= 15 is 0 Å². The average Bonchev–Trinajstić information content (AvgIpc) is 2.70. The van der Waals surface area contributed by atoms with Crippen LogP contribution in [-0.2, 0) is 11.2 Å². The molecule has 3 nitrogen and oxygen atoms in total. The Morgan fingerprint density at radius 1 is 1.41 bits per heavy atom. The van der Waals surface area contributed by atoms with Gasteiger partial charge in [0.15, 0.2) is 0 Å². The second kappa shape index (κ2) is 5.58. The minimum Gasteiger partial charge on any atom is -0.382 e. The Kier molecular flexibility index (Phi) is 4.10. The van der Waals surface area contributed by atoms with Crippen molar-refractivity contribution in [3.63, 3.8) is 0 Å². The average molecular weight is 250 g/mol. The number of nitrogens with zero attached hydrogens (tertiary/aromatic N) is 1. The molecule has 4 heteroatoms. The Morgan fingerprint density at radius 2 is 2.18 bits per heavy atom. The number of ether oxygens (including phenoxy) is 1. The number of hydrogen-bond acceptors (Lipinski definition) is 4. The van der Waals surface area contributed by atoms with E-state index in [0.29, 0.717) is 0 Å². The largest absolute Gasteiger partial charge is 0.382 e. The molecular weight excluding hydrogens is 232 g/mol. The van der Waals surface area contributed by atoms with Gasteiger partial charge in [-0.25, -0.2) is 4.98 Å². The highest BCUT2D eigenvalue weighted by molar-refractivity contribution is 7.18. The quantitative estimate of drug-likeness (QED) is 0.887. The van der Waals surface area contributed by atoms with Gasteiger partial charge in [0.05, 0.1) is 21.3 Å². The van der Waals surface area contributed by atoms with Crippen molar-refractivity contribution in [2.75, 3.05) is 7.11 Å². The summed E-state index contributed by atoms with van der Waals surface area (Å²) < 4.78 is 6.45. The molecule has 2 unspecified atom stereocenters. The predicted molar refractivity (Wildman–Crippen MR) is 72.4 cm³/mol. The van der Waals surface area contributed by atoms with E-state index in [0.717, 1.165) is 23.4 Å². The molecule has 2 atom stereocenters. The Morgan fingerprint density at radius 3 is 2.88 bits per heavy atom. The second-order valence-corrected chi connectivity index (χ2v) is 5.44. The van der Waals surface area contributed by atoms with Crippen LogP contribution in [0, 0.1) is 0 Å². The number of thiazole rings is 1. The molecule has 2 N–H and O–H groups in total. The molecule has 1 aromatic carbocycles. The molecule has 0 aliphatic rings. The fourth-order valence-corrected chi connectivity index (χ4v) is 2.90. The van der Waals surface area contributed by atoms with Crippen molar-refractivity contribution in [2.24, 2.45) is 5.73 Å². The summed E-state index contributed by atoms with van der Waals surface area (Å²) in [7, 11) is 1.72. The first kappa shape index (κ1) is 12.5. The summed E-state index contributed by atoms with van der Waals surface area (Å²) in [6, 6.07) is 8.31. The Labute approximate surface area is 106 Å². The third-order valence-electron chi connectivity index (χ3n) is 2.81. The van der Waals surface area contributed by atoms with E-state index in [2.05, 4.69) is 11.1 Å². The van der Waals surface area contributed by atoms with E-state index in [1.807, 2.05) is 25.1 Å². The van der Waals surface area contributed by atoms with Gasteiger partial charge in [0, 0.05) is 19.6 Å². The molecule has 0 spiro atoms. The summed E-state index contributed by atoms with van der Waals surface area (Å²) in [5, 5.41) is 1.11. The smallest absolute Gasteiger partial charge is 0.0954 e. The number of fused-ring (bicyclic) bond motifs is 1. The van der Waals surface area contributed by atoms with Crippen LogP contribution in [0.2, 0.25) is 0 Å². The third-order valence-corrected chi connectivity index (χ3v) is 3.87. The van der Waals surface area contributed by atoms with Gasteiger partial charge in [-0.05, 0) is 25.5 Å². The van der Waals surface area contributed by atoms with Crippen molar-refractivity contribution in [2.45, 2.75) is 31.9 Å². The van der Waals surface area contributed by atoms with Gasteiger partial charge in [0.1, 0.15) is 0 Å². The highest BCUT2D eigenvalue weighted by Crippen LogP contribution is 2.22. The van der Waals surface area contributed by atoms with Crippen molar-refractivity contribution in [1.82, 2.24) is 4.98 Å². The van der Waals surface area contributed by atoms with Gasteiger partial charge < -0.3 is 10.5 Å². The lowest BCUT2D eigenvalue weighted by molar-refractivity contribution is 0.104. The van der Waals surface area contributed by atoms with Crippen molar-refractivity contribution >= 4 is 21.6 Å².